The van der Waals surface area contributed by atoms with Crippen molar-refractivity contribution >= 4 is 15.4 Å². The summed E-state index contributed by atoms with van der Waals surface area (Å²) in [6, 6.07) is 6.63. The van der Waals surface area contributed by atoms with E-state index in [0.717, 1.165) is 30.6 Å². The van der Waals surface area contributed by atoms with Gasteiger partial charge in [-0.2, -0.15) is 0 Å². The average molecular weight is 411 g/mol. The van der Waals surface area contributed by atoms with Crippen LogP contribution in [0.4, 0.5) is 0 Å². The first kappa shape index (κ1) is 19.4. The predicted molar refractivity (Wildman–Crippen MR) is 109 cm³/mol. The second-order valence-corrected chi connectivity index (χ2v) is 9.51. The summed E-state index contributed by atoms with van der Waals surface area (Å²) in [4.78, 5) is 9.07. The summed E-state index contributed by atoms with van der Waals surface area (Å²) in [7, 11) is -3.31. The molecular weight excluding hydrogens is 390 g/mol. The smallest absolute Gasteiger partial charge is 0.268 e. The van der Waals surface area contributed by atoms with Crippen LogP contribution in [-0.4, -0.2) is 46.9 Å². The van der Waals surface area contributed by atoms with Crippen molar-refractivity contribution in [2.24, 2.45) is 0 Å². The standard InChI is InChI=1S/C20H21N5O3S/c1-13(2)29(26,27)16-5-3-14(4-6-16)17-11-22-12-18(23-17)20-25-24-19(28-20)15-7-9-21-10-8-15/h3-7,11-13,21H,8-10H2,1-2H3. The highest BCUT2D eigenvalue weighted by Gasteiger charge is 2.19. The number of sulfone groups is 1. The normalized spacial score (nSPS) is 14.8. The van der Waals surface area contributed by atoms with Crippen LogP contribution in [0, 0.1) is 0 Å². The van der Waals surface area contributed by atoms with E-state index >= 15 is 0 Å². The third kappa shape index (κ3) is 3.96. The molecule has 1 aliphatic rings. The summed E-state index contributed by atoms with van der Waals surface area (Å²) in [5.41, 5.74) is 2.84. The topological polar surface area (TPSA) is 111 Å². The lowest BCUT2D eigenvalue weighted by Gasteiger charge is -2.09. The van der Waals surface area contributed by atoms with Gasteiger partial charge in [-0.25, -0.2) is 13.4 Å². The molecule has 0 spiro atoms. The number of nitrogens with zero attached hydrogens (tertiary/aromatic N) is 4. The molecule has 0 amide bonds. The van der Waals surface area contributed by atoms with E-state index in [-0.39, 0.29) is 4.90 Å². The van der Waals surface area contributed by atoms with Crippen LogP contribution >= 0.6 is 0 Å². The van der Waals surface area contributed by atoms with Gasteiger partial charge in [-0.05, 0) is 38.9 Å². The first-order valence-electron chi connectivity index (χ1n) is 9.35. The fourth-order valence-corrected chi connectivity index (χ4v) is 4.03. The molecule has 8 nitrogen and oxygen atoms in total. The molecule has 0 atom stereocenters. The van der Waals surface area contributed by atoms with Crippen LogP contribution in [0.1, 0.15) is 26.2 Å². The van der Waals surface area contributed by atoms with Crippen LogP contribution in [0.5, 0.6) is 0 Å². The first-order valence-corrected chi connectivity index (χ1v) is 10.9. The number of hydrogen-bond donors (Lipinski definition) is 1. The quantitative estimate of drug-likeness (QED) is 0.682. The van der Waals surface area contributed by atoms with Crippen molar-refractivity contribution in [3.8, 4) is 22.8 Å². The fraction of sp³-hybridized carbons (Fsp3) is 0.300. The zero-order chi connectivity index (χ0) is 20.4. The zero-order valence-corrected chi connectivity index (χ0v) is 17.0. The van der Waals surface area contributed by atoms with Gasteiger partial charge in [0.25, 0.3) is 5.89 Å². The zero-order valence-electron chi connectivity index (χ0n) is 16.2. The predicted octanol–water partition coefficient (Wildman–Crippen LogP) is 2.75. The SMILES string of the molecule is CC(C)S(=O)(=O)c1ccc(-c2cncc(-c3nnc(C4=CCNCC4)o3)n2)cc1. The molecule has 3 heterocycles. The van der Waals surface area contributed by atoms with Crippen molar-refractivity contribution in [1.29, 1.82) is 0 Å². The average Bonchev–Trinajstić information content (AvgIpc) is 3.25. The van der Waals surface area contributed by atoms with Crippen LogP contribution in [-0.2, 0) is 9.84 Å². The Morgan fingerprint density at radius 1 is 1.03 bits per heavy atom. The molecule has 1 N–H and O–H groups in total. The van der Waals surface area contributed by atoms with E-state index in [4.69, 9.17) is 4.42 Å². The van der Waals surface area contributed by atoms with E-state index in [1.165, 1.54) is 0 Å². The van der Waals surface area contributed by atoms with Gasteiger partial charge in [0.1, 0.15) is 5.69 Å². The summed E-state index contributed by atoms with van der Waals surface area (Å²) < 4.78 is 30.4. The Bertz CT molecular complexity index is 1150. The van der Waals surface area contributed by atoms with Crippen LogP contribution < -0.4 is 5.32 Å². The molecule has 9 heteroatoms. The van der Waals surface area contributed by atoms with Gasteiger partial charge in [0, 0.05) is 17.7 Å². The maximum Gasteiger partial charge on any atom is 0.268 e. The second kappa shape index (κ2) is 7.84. The number of benzene rings is 1. The van der Waals surface area contributed by atoms with Crippen LogP contribution in [0.15, 0.2) is 52.0 Å². The highest BCUT2D eigenvalue weighted by atomic mass is 32.2. The van der Waals surface area contributed by atoms with Crippen molar-refractivity contribution in [2.45, 2.75) is 30.4 Å². The molecule has 150 valence electrons. The first-order chi connectivity index (χ1) is 13.9. The Hall–Kier alpha value is -2.91. The summed E-state index contributed by atoms with van der Waals surface area (Å²) in [6.07, 6.45) is 6.05. The Labute approximate surface area is 169 Å². The van der Waals surface area contributed by atoms with Crippen molar-refractivity contribution in [2.75, 3.05) is 13.1 Å². The number of nitrogens with one attached hydrogen (secondary N) is 1. The molecular formula is C20H21N5O3S. The van der Waals surface area contributed by atoms with Gasteiger partial charge in [0.15, 0.2) is 9.84 Å². The van der Waals surface area contributed by atoms with E-state index in [0.29, 0.717) is 23.2 Å². The fourth-order valence-electron chi connectivity index (χ4n) is 2.97. The van der Waals surface area contributed by atoms with E-state index in [1.54, 1.807) is 50.5 Å². The van der Waals surface area contributed by atoms with E-state index in [2.05, 4.69) is 25.5 Å². The van der Waals surface area contributed by atoms with Crippen LogP contribution in [0.3, 0.4) is 0 Å². The van der Waals surface area contributed by atoms with E-state index in [1.807, 2.05) is 6.08 Å². The minimum atomic E-state index is -3.31. The van der Waals surface area contributed by atoms with E-state index in [9.17, 15) is 8.42 Å². The molecule has 1 aromatic carbocycles. The molecule has 29 heavy (non-hydrogen) atoms. The lowest BCUT2D eigenvalue weighted by molar-refractivity contribution is 0.544. The molecule has 4 rings (SSSR count). The molecule has 0 saturated heterocycles. The monoisotopic (exact) mass is 411 g/mol. The Morgan fingerprint density at radius 2 is 1.76 bits per heavy atom. The Morgan fingerprint density at radius 3 is 2.45 bits per heavy atom. The van der Waals surface area contributed by atoms with Gasteiger partial charge in [-0.1, -0.05) is 18.2 Å². The third-order valence-corrected chi connectivity index (χ3v) is 6.89. The highest BCUT2D eigenvalue weighted by molar-refractivity contribution is 7.92. The molecule has 0 fully saturated rings. The summed E-state index contributed by atoms with van der Waals surface area (Å²) >= 11 is 0. The van der Waals surface area contributed by atoms with Gasteiger partial charge in [0.2, 0.25) is 5.89 Å². The second-order valence-electron chi connectivity index (χ2n) is 7.00. The maximum absolute atomic E-state index is 12.3. The summed E-state index contributed by atoms with van der Waals surface area (Å²) in [5, 5.41) is 11.0. The Kier molecular flexibility index (Phi) is 5.25. The summed E-state index contributed by atoms with van der Waals surface area (Å²) in [6.45, 7) is 4.99. The summed E-state index contributed by atoms with van der Waals surface area (Å²) in [5.74, 6) is 0.796. The van der Waals surface area contributed by atoms with Crippen molar-refractivity contribution in [1.82, 2.24) is 25.5 Å². The molecule has 2 aromatic heterocycles. The molecule has 0 saturated carbocycles. The lowest BCUT2D eigenvalue weighted by Crippen LogP contribution is -2.20. The minimum Gasteiger partial charge on any atom is -0.415 e. The molecule has 1 aliphatic heterocycles. The third-order valence-electron chi connectivity index (χ3n) is 4.72. The number of aromatic nitrogens is 4. The van der Waals surface area contributed by atoms with Crippen molar-refractivity contribution in [3.05, 3.63) is 48.6 Å². The van der Waals surface area contributed by atoms with Crippen molar-refractivity contribution in [3.63, 3.8) is 0 Å². The van der Waals surface area contributed by atoms with Gasteiger partial charge < -0.3 is 9.73 Å². The van der Waals surface area contributed by atoms with Gasteiger partial charge in [0.05, 0.1) is 28.2 Å². The molecule has 0 aliphatic carbocycles. The van der Waals surface area contributed by atoms with Crippen molar-refractivity contribution < 1.29 is 12.8 Å². The van der Waals surface area contributed by atoms with Gasteiger partial charge in [-0.15, -0.1) is 10.2 Å². The Balaban J connectivity index is 1.61. The number of hydrogen-bond acceptors (Lipinski definition) is 8. The lowest BCUT2D eigenvalue weighted by atomic mass is 10.1. The molecule has 3 aromatic rings. The highest BCUT2D eigenvalue weighted by Crippen LogP contribution is 2.25. The molecule has 0 unspecified atom stereocenters. The van der Waals surface area contributed by atoms with Gasteiger partial charge in [-0.3, -0.25) is 4.98 Å². The molecule has 0 bridgehead atoms. The van der Waals surface area contributed by atoms with Crippen LogP contribution in [0.2, 0.25) is 0 Å². The van der Waals surface area contributed by atoms with Crippen LogP contribution in [0.25, 0.3) is 28.4 Å². The maximum atomic E-state index is 12.3. The largest absolute Gasteiger partial charge is 0.415 e. The van der Waals surface area contributed by atoms with Gasteiger partial charge >= 0.3 is 0 Å². The minimum absolute atomic E-state index is 0.289. The molecule has 0 radical (unpaired) electrons. The number of rotatable bonds is 5. The van der Waals surface area contributed by atoms with E-state index < -0.39 is 15.1 Å².